The summed E-state index contributed by atoms with van der Waals surface area (Å²) in [5.74, 6) is 1.93. The van der Waals surface area contributed by atoms with Crippen LogP contribution in [-0.4, -0.2) is 26.3 Å². The first-order valence-corrected chi connectivity index (χ1v) is 6.73. The van der Waals surface area contributed by atoms with E-state index in [1.54, 1.807) is 4.68 Å². The summed E-state index contributed by atoms with van der Waals surface area (Å²) in [6, 6.07) is 2.01. The van der Waals surface area contributed by atoms with Crippen molar-refractivity contribution in [2.24, 2.45) is 0 Å². The van der Waals surface area contributed by atoms with Crippen LogP contribution in [0.3, 0.4) is 0 Å². The molecular formula is C12H16BrN5. The van der Waals surface area contributed by atoms with Gasteiger partial charge < -0.3 is 5.32 Å². The highest BCUT2D eigenvalue weighted by molar-refractivity contribution is 9.10. The van der Waals surface area contributed by atoms with Gasteiger partial charge in [0.2, 0.25) is 0 Å². The van der Waals surface area contributed by atoms with Gasteiger partial charge >= 0.3 is 0 Å². The standard InChI is InChI=1S/C12H16BrN5/c1-4-14-11-10(13)12(16-7-15-11)18-6-5-9(17-18)8(2)3/h5-8H,4H2,1-3H3,(H,14,15,16). The van der Waals surface area contributed by atoms with E-state index in [1.807, 2.05) is 19.2 Å². The molecule has 0 unspecified atom stereocenters. The summed E-state index contributed by atoms with van der Waals surface area (Å²) in [6.07, 6.45) is 3.45. The normalized spacial score (nSPS) is 10.9. The average molecular weight is 310 g/mol. The number of nitrogens with one attached hydrogen (secondary N) is 1. The third-order valence-electron chi connectivity index (χ3n) is 2.53. The quantitative estimate of drug-likeness (QED) is 0.943. The Hall–Kier alpha value is -1.43. The summed E-state index contributed by atoms with van der Waals surface area (Å²) >= 11 is 3.52. The maximum atomic E-state index is 4.51. The van der Waals surface area contributed by atoms with Crippen LogP contribution in [0.25, 0.3) is 5.82 Å². The summed E-state index contributed by atoms with van der Waals surface area (Å²) in [7, 11) is 0. The van der Waals surface area contributed by atoms with Crippen molar-refractivity contribution in [3.05, 3.63) is 28.8 Å². The predicted molar refractivity (Wildman–Crippen MR) is 75.1 cm³/mol. The van der Waals surface area contributed by atoms with Crippen LogP contribution < -0.4 is 5.32 Å². The molecule has 0 aliphatic heterocycles. The van der Waals surface area contributed by atoms with Gasteiger partial charge in [-0.2, -0.15) is 5.10 Å². The Kier molecular flexibility index (Phi) is 3.96. The van der Waals surface area contributed by atoms with Crippen LogP contribution in [0.4, 0.5) is 5.82 Å². The lowest BCUT2D eigenvalue weighted by molar-refractivity contribution is 0.753. The summed E-state index contributed by atoms with van der Waals surface area (Å²) in [6.45, 7) is 7.07. The summed E-state index contributed by atoms with van der Waals surface area (Å²) in [5.41, 5.74) is 1.05. The minimum atomic E-state index is 0.403. The molecule has 0 aromatic carbocycles. The lowest BCUT2D eigenvalue weighted by atomic mass is 10.1. The number of hydrogen-bond donors (Lipinski definition) is 1. The molecule has 96 valence electrons. The molecule has 5 nitrogen and oxygen atoms in total. The molecule has 2 heterocycles. The third-order valence-corrected chi connectivity index (χ3v) is 3.26. The van der Waals surface area contributed by atoms with E-state index in [0.717, 1.165) is 28.3 Å². The van der Waals surface area contributed by atoms with Gasteiger partial charge in [0.1, 0.15) is 16.6 Å². The van der Waals surface area contributed by atoms with Crippen LogP contribution in [0.1, 0.15) is 32.4 Å². The fourth-order valence-electron chi connectivity index (χ4n) is 1.57. The van der Waals surface area contributed by atoms with Gasteiger partial charge in [-0.15, -0.1) is 0 Å². The molecule has 0 bridgehead atoms. The SMILES string of the molecule is CCNc1ncnc(-n2ccc(C(C)C)n2)c1Br. The molecule has 1 N–H and O–H groups in total. The van der Waals surface area contributed by atoms with Crippen LogP contribution in [-0.2, 0) is 0 Å². The van der Waals surface area contributed by atoms with E-state index in [0.29, 0.717) is 5.92 Å². The van der Waals surface area contributed by atoms with Gasteiger partial charge in [-0.05, 0) is 34.8 Å². The van der Waals surface area contributed by atoms with Gasteiger partial charge in [0, 0.05) is 12.7 Å². The topological polar surface area (TPSA) is 55.6 Å². The zero-order valence-electron chi connectivity index (χ0n) is 10.7. The van der Waals surface area contributed by atoms with Crippen molar-refractivity contribution in [1.29, 1.82) is 0 Å². The van der Waals surface area contributed by atoms with E-state index in [-0.39, 0.29) is 0 Å². The number of anilines is 1. The summed E-state index contributed by atoms with van der Waals surface area (Å²) in [4.78, 5) is 8.45. The highest BCUT2D eigenvalue weighted by atomic mass is 79.9. The van der Waals surface area contributed by atoms with Crippen molar-refractivity contribution < 1.29 is 0 Å². The van der Waals surface area contributed by atoms with Crippen LogP contribution >= 0.6 is 15.9 Å². The first-order chi connectivity index (χ1) is 8.63. The number of rotatable bonds is 4. The van der Waals surface area contributed by atoms with Crippen molar-refractivity contribution in [2.75, 3.05) is 11.9 Å². The Labute approximate surface area is 115 Å². The summed E-state index contributed by atoms with van der Waals surface area (Å²) in [5, 5.41) is 7.69. The first kappa shape index (κ1) is 13.0. The number of hydrogen-bond acceptors (Lipinski definition) is 4. The van der Waals surface area contributed by atoms with Gasteiger partial charge in [0.05, 0.1) is 5.69 Å². The van der Waals surface area contributed by atoms with Crippen molar-refractivity contribution >= 4 is 21.7 Å². The van der Waals surface area contributed by atoms with Crippen LogP contribution in [0.15, 0.2) is 23.1 Å². The molecule has 2 rings (SSSR count). The minimum Gasteiger partial charge on any atom is -0.369 e. The zero-order chi connectivity index (χ0) is 13.1. The molecule has 0 atom stereocenters. The highest BCUT2D eigenvalue weighted by Gasteiger charge is 2.12. The number of aromatic nitrogens is 4. The second-order valence-corrected chi connectivity index (χ2v) is 5.02. The molecule has 6 heteroatoms. The Bertz CT molecular complexity index is 535. The number of halogens is 1. The average Bonchev–Trinajstić information content (AvgIpc) is 2.81. The Morgan fingerprint density at radius 3 is 2.78 bits per heavy atom. The monoisotopic (exact) mass is 309 g/mol. The fraction of sp³-hybridized carbons (Fsp3) is 0.417. The predicted octanol–water partition coefficient (Wildman–Crippen LogP) is 2.98. The van der Waals surface area contributed by atoms with E-state index in [2.05, 4.69) is 50.2 Å². The molecule has 0 aliphatic carbocycles. The molecule has 0 aliphatic rings. The van der Waals surface area contributed by atoms with Gasteiger partial charge in [0.15, 0.2) is 5.82 Å². The second kappa shape index (κ2) is 5.48. The molecule has 0 spiro atoms. The van der Waals surface area contributed by atoms with Crippen molar-refractivity contribution in [3.63, 3.8) is 0 Å². The fourth-order valence-corrected chi connectivity index (χ4v) is 2.10. The Morgan fingerprint density at radius 1 is 1.39 bits per heavy atom. The molecule has 0 amide bonds. The smallest absolute Gasteiger partial charge is 0.173 e. The van der Waals surface area contributed by atoms with Crippen molar-refractivity contribution in [2.45, 2.75) is 26.7 Å². The third kappa shape index (κ3) is 2.53. The van der Waals surface area contributed by atoms with Crippen molar-refractivity contribution in [3.8, 4) is 5.82 Å². The molecule has 2 aromatic heterocycles. The first-order valence-electron chi connectivity index (χ1n) is 5.93. The van der Waals surface area contributed by atoms with E-state index < -0.39 is 0 Å². The van der Waals surface area contributed by atoms with Gasteiger partial charge in [0.25, 0.3) is 0 Å². The molecule has 2 aromatic rings. The summed E-state index contributed by atoms with van der Waals surface area (Å²) < 4.78 is 2.59. The van der Waals surface area contributed by atoms with Crippen molar-refractivity contribution in [1.82, 2.24) is 19.7 Å². The Morgan fingerprint density at radius 2 is 2.17 bits per heavy atom. The van der Waals surface area contributed by atoms with E-state index in [9.17, 15) is 0 Å². The largest absolute Gasteiger partial charge is 0.369 e. The van der Waals surface area contributed by atoms with Crippen LogP contribution in [0, 0.1) is 0 Å². The molecule has 0 saturated heterocycles. The van der Waals surface area contributed by atoms with E-state index >= 15 is 0 Å². The molecule has 0 radical (unpaired) electrons. The second-order valence-electron chi connectivity index (χ2n) is 4.23. The van der Waals surface area contributed by atoms with Crippen LogP contribution in [0.5, 0.6) is 0 Å². The van der Waals surface area contributed by atoms with E-state index in [1.165, 1.54) is 6.33 Å². The minimum absolute atomic E-state index is 0.403. The lowest BCUT2D eigenvalue weighted by Crippen LogP contribution is -2.06. The number of nitrogens with zero attached hydrogens (tertiary/aromatic N) is 4. The maximum absolute atomic E-state index is 4.51. The van der Waals surface area contributed by atoms with Gasteiger partial charge in [-0.1, -0.05) is 13.8 Å². The van der Waals surface area contributed by atoms with Gasteiger partial charge in [-0.25, -0.2) is 14.6 Å². The van der Waals surface area contributed by atoms with E-state index in [4.69, 9.17) is 0 Å². The Balaban J connectivity index is 2.40. The molecule has 18 heavy (non-hydrogen) atoms. The maximum Gasteiger partial charge on any atom is 0.173 e. The zero-order valence-corrected chi connectivity index (χ0v) is 12.3. The lowest BCUT2D eigenvalue weighted by Gasteiger charge is -2.08. The molecular weight excluding hydrogens is 294 g/mol. The van der Waals surface area contributed by atoms with Crippen LogP contribution in [0.2, 0.25) is 0 Å². The molecule has 0 fully saturated rings. The highest BCUT2D eigenvalue weighted by Crippen LogP contribution is 2.25. The molecule has 0 saturated carbocycles. The van der Waals surface area contributed by atoms with Gasteiger partial charge in [-0.3, -0.25) is 0 Å².